The number of rotatable bonds is 4. The first kappa shape index (κ1) is 11.9. The Morgan fingerprint density at radius 2 is 2.17 bits per heavy atom. The molecular formula is C14H22N4. The topological polar surface area (TPSA) is 41.0 Å². The summed E-state index contributed by atoms with van der Waals surface area (Å²) in [6.07, 6.45) is 8.30. The fourth-order valence-corrected chi connectivity index (χ4v) is 2.73. The number of nitrogens with zero attached hydrogens (tertiary/aromatic N) is 3. The van der Waals surface area contributed by atoms with E-state index in [0.717, 1.165) is 18.1 Å². The second kappa shape index (κ2) is 5.22. The highest BCUT2D eigenvalue weighted by molar-refractivity contribution is 5.42. The van der Waals surface area contributed by atoms with Gasteiger partial charge in [0.1, 0.15) is 12.1 Å². The molecule has 1 aromatic rings. The lowest BCUT2D eigenvalue weighted by atomic mass is 10.0. The van der Waals surface area contributed by atoms with Gasteiger partial charge in [-0.25, -0.2) is 9.97 Å². The summed E-state index contributed by atoms with van der Waals surface area (Å²) in [5.74, 6) is 1.11. The maximum absolute atomic E-state index is 4.45. The van der Waals surface area contributed by atoms with Crippen LogP contribution in [0.15, 0.2) is 12.4 Å². The van der Waals surface area contributed by atoms with E-state index in [0.29, 0.717) is 12.1 Å². The van der Waals surface area contributed by atoms with Crippen LogP contribution >= 0.6 is 0 Å². The number of nitrogens with one attached hydrogen (secondary N) is 1. The Hall–Kier alpha value is -1.16. The summed E-state index contributed by atoms with van der Waals surface area (Å²) >= 11 is 0. The van der Waals surface area contributed by atoms with Gasteiger partial charge in [-0.1, -0.05) is 6.42 Å². The first-order chi connectivity index (χ1) is 8.83. The van der Waals surface area contributed by atoms with E-state index in [-0.39, 0.29) is 0 Å². The van der Waals surface area contributed by atoms with Gasteiger partial charge in [0.25, 0.3) is 0 Å². The molecule has 0 aromatic carbocycles. The summed E-state index contributed by atoms with van der Waals surface area (Å²) in [5, 5.41) is 3.63. The van der Waals surface area contributed by atoms with Crippen molar-refractivity contribution in [3.05, 3.63) is 18.1 Å². The maximum Gasteiger partial charge on any atom is 0.132 e. The van der Waals surface area contributed by atoms with Gasteiger partial charge in [0.15, 0.2) is 0 Å². The van der Waals surface area contributed by atoms with Crippen LogP contribution in [0.1, 0.15) is 37.8 Å². The molecule has 1 N–H and O–H groups in total. The van der Waals surface area contributed by atoms with Crippen molar-refractivity contribution in [1.82, 2.24) is 15.3 Å². The maximum atomic E-state index is 4.45. The summed E-state index contributed by atoms with van der Waals surface area (Å²) in [6, 6.07) is 3.46. The second-order valence-electron chi connectivity index (χ2n) is 5.55. The molecule has 18 heavy (non-hydrogen) atoms. The molecule has 1 saturated carbocycles. The molecule has 1 atom stereocenters. The van der Waals surface area contributed by atoms with Crippen LogP contribution in [-0.2, 0) is 0 Å². The summed E-state index contributed by atoms with van der Waals surface area (Å²) in [6.45, 7) is 4.31. The van der Waals surface area contributed by atoms with Gasteiger partial charge < -0.3 is 10.2 Å². The van der Waals surface area contributed by atoms with Crippen LogP contribution in [0.25, 0.3) is 0 Å². The molecule has 1 aliphatic carbocycles. The van der Waals surface area contributed by atoms with Gasteiger partial charge in [-0.15, -0.1) is 0 Å². The molecule has 4 nitrogen and oxygen atoms in total. The Balaban J connectivity index is 1.71. The van der Waals surface area contributed by atoms with E-state index in [1.165, 1.54) is 38.6 Å². The van der Waals surface area contributed by atoms with Crippen molar-refractivity contribution in [2.75, 3.05) is 18.0 Å². The Morgan fingerprint density at radius 3 is 2.83 bits per heavy atom. The molecule has 1 aliphatic heterocycles. The smallest absolute Gasteiger partial charge is 0.132 e. The zero-order valence-corrected chi connectivity index (χ0v) is 11.1. The van der Waals surface area contributed by atoms with Gasteiger partial charge in [0.2, 0.25) is 0 Å². The van der Waals surface area contributed by atoms with E-state index in [4.69, 9.17) is 0 Å². The van der Waals surface area contributed by atoms with Crippen molar-refractivity contribution in [2.24, 2.45) is 0 Å². The van der Waals surface area contributed by atoms with Gasteiger partial charge in [-0.2, -0.15) is 0 Å². The molecule has 2 fully saturated rings. The van der Waals surface area contributed by atoms with Crippen molar-refractivity contribution in [3.63, 3.8) is 0 Å². The molecule has 0 radical (unpaired) electrons. The molecule has 1 saturated heterocycles. The number of hydrogen-bond donors (Lipinski definition) is 1. The van der Waals surface area contributed by atoms with E-state index in [1.54, 1.807) is 6.33 Å². The van der Waals surface area contributed by atoms with Gasteiger partial charge >= 0.3 is 0 Å². The molecule has 98 valence electrons. The van der Waals surface area contributed by atoms with E-state index < -0.39 is 0 Å². The molecule has 2 heterocycles. The quantitative estimate of drug-likeness (QED) is 0.881. The Kier molecular flexibility index (Phi) is 3.46. The second-order valence-corrected chi connectivity index (χ2v) is 5.55. The molecule has 0 amide bonds. The molecule has 0 bridgehead atoms. The summed E-state index contributed by atoms with van der Waals surface area (Å²) in [7, 11) is 0. The summed E-state index contributed by atoms with van der Waals surface area (Å²) < 4.78 is 0. The average molecular weight is 246 g/mol. The molecule has 1 unspecified atom stereocenters. The Labute approximate surface area is 109 Å². The van der Waals surface area contributed by atoms with Crippen molar-refractivity contribution in [1.29, 1.82) is 0 Å². The lowest BCUT2D eigenvalue weighted by Crippen LogP contribution is -2.44. The van der Waals surface area contributed by atoms with Crippen molar-refractivity contribution < 1.29 is 0 Å². The molecule has 3 rings (SSSR count). The minimum atomic E-state index is 0.634. The van der Waals surface area contributed by atoms with Crippen LogP contribution in [0.4, 0.5) is 5.82 Å². The van der Waals surface area contributed by atoms with Crippen LogP contribution < -0.4 is 10.2 Å². The van der Waals surface area contributed by atoms with Crippen LogP contribution in [0.2, 0.25) is 0 Å². The number of anilines is 1. The number of aromatic nitrogens is 2. The van der Waals surface area contributed by atoms with Crippen molar-refractivity contribution in [2.45, 2.75) is 51.1 Å². The van der Waals surface area contributed by atoms with Gasteiger partial charge in [0.05, 0.1) is 0 Å². The highest BCUT2D eigenvalue weighted by atomic mass is 15.3. The lowest BCUT2D eigenvalue weighted by molar-refractivity contribution is 0.397. The van der Waals surface area contributed by atoms with E-state index >= 15 is 0 Å². The highest BCUT2D eigenvalue weighted by Crippen LogP contribution is 2.31. The fraction of sp³-hybridized carbons (Fsp3) is 0.714. The van der Waals surface area contributed by atoms with Crippen LogP contribution in [0.3, 0.4) is 0 Å². The molecule has 0 spiro atoms. The fourth-order valence-electron chi connectivity index (χ4n) is 2.73. The van der Waals surface area contributed by atoms with Gasteiger partial charge in [-0.05, 0) is 39.2 Å². The number of hydrogen-bond acceptors (Lipinski definition) is 4. The van der Waals surface area contributed by atoms with Gasteiger partial charge in [-0.3, -0.25) is 0 Å². The predicted molar refractivity (Wildman–Crippen MR) is 72.8 cm³/mol. The molecule has 1 aromatic heterocycles. The lowest BCUT2D eigenvalue weighted by Gasteiger charge is -2.31. The zero-order valence-electron chi connectivity index (χ0n) is 11.1. The first-order valence-corrected chi connectivity index (χ1v) is 7.11. The molecule has 2 aliphatic rings. The highest BCUT2D eigenvalue weighted by Gasteiger charge is 2.31. The van der Waals surface area contributed by atoms with E-state index in [1.807, 2.05) is 6.92 Å². The third-order valence-electron chi connectivity index (χ3n) is 3.90. The zero-order chi connectivity index (χ0) is 12.4. The standard InChI is InChI=1S/C14H22N4/c1-11-8-14(17-10-16-11)18(13-5-6-13)9-12-4-2-3-7-15-12/h8,10,12-13,15H,2-7,9H2,1H3. The van der Waals surface area contributed by atoms with Crippen molar-refractivity contribution >= 4 is 5.82 Å². The third-order valence-corrected chi connectivity index (χ3v) is 3.90. The van der Waals surface area contributed by atoms with Crippen LogP contribution in [0, 0.1) is 6.92 Å². The third kappa shape index (κ3) is 2.80. The number of aryl methyl sites for hydroxylation is 1. The molecular weight excluding hydrogens is 224 g/mol. The van der Waals surface area contributed by atoms with Crippen LogP contribution in [0.5, 0.6) is 0 Å². The van der Waals surface area contributed by atoms with E-state index in [2.05, 4.69) is 26.3 Å². The average Bonchev–Trinajstić information content (AvgIpc) is 3.21. The summed E-state index contributed by atoms with van der Waals surface area (Å²) in [5.41, 5.74) is 1.06. The predicted octanol–water partition coefficient (Wildman–Crippen LogP) is 1.90. The van der Waals surface area contributed by atoms with Crippen molar-refractivity contribution in [3.8, 4) is 0 Å². The summed E-state index contributed by atoms with van der Waals surface area (Å²) in [4.78, 5) is 11.1. The SMILES string of the molecule is Cc1cc(N(CC2CCCCN2)C2CC2)ncn1. The Bertz CT molecular complexity index is 397. The molecule has 4 heteroatoms. The van der Waals surface area contributed by atoms with Gasteiger partial charge in [0, 0.05) is 30.4 Å². The largest absolute Gasteiger partial charge is 0.352 e. The van der Waals surface area contributed by atoms with Crippen LogP contribution in [-0.4, -0.2) is 35.1 Å². The minimum absolute atomic E-state index is 0.634. The Morgan fingerprint density at radius 1 is 1.28 bits per heavy atom. The van der Waals surface area contributed by atoms with E-state index in [9.17, 15) is 0 Å². The normalized spacial score (nSPS) is 23.9. The number of piperidine rings is 1. The first-order valence-electron chi connectivity index (χ1n) is 7.11. The minimum Gasteiger partial charge on any atom is -0.352 e. The monoisotopic (exact) mass is 246 g/mol.